The van der Waals surface area contributed by atoms with E-state index in [4.69, 9.17) is 14.2 Å². The first-order valence-electron chi connectivity index (χ1n) is 6.91. The van der Waals surface area contributed by atoms with E-state index in [1.807, 2.05) is 0 Å². The van der Waals surface area contributed by atoms with Crippen LogP contribution in [0.1, 0.15) is 19.3 Å². The monoisotopic (exact) mass is 255 g/mol. The summed E-state index contributed by atoms with van der Waals surface area (Å²) in [5, 5.41) is 3.07. The third-order valence-electron chi connectivity index (χ3n) is 4.13. The molecule has 102 valence electrons. The summed E-state index contributed by atoms with van der Waals surface area (Å²) in [6, 6.07) is 0.370. The number of hydrogen-bond acceptors (Lipinski definition) is 4. The molecule has 1 amide bonds. The van der Waals surface area contributed by atoms with Crippen LogP contribution in [0.2, 0.25) is 0 Å². The van der Waals surface area contributed by atoms with Crippen molar-refractivity contribution >= 4 is 5.91 Å². The van der Waals surface area contributed by atoms with Gasteiger partial charge in [0.15, 0.2) is 0 Å². The van der Waals surface area contributed by atoms with Crippen molar-refractivity contribution in [3.05, 3.63) is 0 Å². The Labute approximate surface area is 107 Å². The Morgan fingerprint density at radius 1 is 1.17 bits per heavy atom. The first-order valence-corrected chi connectivity index (χ1v) is 6.91. The third-order valence-corrected chi connectivity index (χ3v) is 4.13. The highest BCUT2D eigenvalue weighted by molar-refractivity contribution is 5.76. The number of nitrogens with one attached hydrogen (secondary N) is 1. The number of fused-ring (bicyclic) bond motifs is 1. The molecule has 1 N–H and O–H groups in total. The standard InChI is InChI=1S/C13H21NO4/c15-12(14-13-10-7-17-8-11(10)13)3-6-18-9-1-4-16-5-2-9/h9-11,13H,1-8H2,(H,14,15)/t10-,11+,13?. The zero-order valence-corrected chi connectivity index (χ0v) is 10.6. The molecule has 3 aliphatic rings. The van der Waals surface area contributed by atoms with Gasteiger partial charge < -0.3 is 19.5 Å². The van der Waals surface area contributed by atoms with Gasteiger partial charge in [-0.1, -0.05) is 0 Å². The van der Waals surface area contributed by atoms with Gasteiger partial charge in [-0.15, -0.1) is 0 Å². The largest absolute Gasteiger partial charge is 0.381 e. The highest BCUT2D eigenvalue weighted by Gasteiger charge is 2.54. The molecule has 18 heavy (non-hydrogen) atoms. The number of amides is 1. The molecule has 0 aromatic carbocycles. The smallest absolute Gasteiger partial charge is 0.222 e. The van der Waals surface area contributed by atoms with Gasteiger partial charge in [0.1, 0.15) is 0 Å². The van der Waals surface area contributed by atoms with E-state index < -0.39 is 0 Å². The second-order valence-corrected chi connectivity index (χ2v) is 5.39. The molecule has 3 rings (SSSR count). The summed E-state index contributed by atoms with van der Waals surface area (Å²) in [5.74, 6) is 1.26. The van der Waals surface area contributed by atoms with Gasteiger partial charge in [0, 0.05) is 37.5 Å². The third kappa shape index (κ3) is 2.84. The molecule has 3 fully saturated rings. The fraction of sp³-hybridized carbons (Fsp3) is 0.923. The molecule has 0 aromatic heterocycles. The summed E-state index contributed by atoms with van der Waals surface area (Å²) in [4.78, 5) is 11.7. The van der Waals surface area contributed by atoms with Crippen molar-refractivity contribution < 1.29 is 19.0 Å². The van der Waals surface area contributed by atoms with Crippen LogP contribution in [0.15, 0.2) is 0 Å². The van der Waals surface area contributed by atoms with Gasteiger partial charge >= 0.3 is 0 Å². The minimum absolute atomic E-state index is 0.112. The summed E-state index contributed by atoms with van der Waals surface area (Å²) in [6.45, 7) is 3.71. The maximum absolute atomic E-state index is 11.7. The molecule has 1 aliphatic carbocycles. The molecule has 0 radical (unpaired) electrons. The predicted molar refractivity (Wildman–Crippen MR) is 64.1 cm³/mol. The topological polar surface area (TPSA) is 56.8 Å². The number of carbonyl (C=O) groups is 1. The van der Waals surface area contributed by atoms with Crippen LogP contribution < -0.4 is 5.32 Å². The minimum atomic E-state index is 0.112. The van der Waals surface area contributed by atoms with Crippen molar-refractivity contribution in [2.45, 2.75) is 31.4 Å². The van der Waals surface area contributed by atoms with Crippen molar-refractivity contribution in [2.24, 2.45) is 11.8 Å². The van der Waals surface area contributed by atoms with Crippen molar-refractivity contribution in [3.8, 4) is 0 Å². The molecule has 5 nitrogen and oxygen atoms in total. The van der Waals surface area contributed by atoms with E-state index in [9.17, 15) is 4.79 Å². The molecule has 0 aromatic rings. The highest BCUT2D eigenvalue weighted by Crippen LogP contribution is 2.44. The summed E-state index contributed by atoms with van der Waals surface area (Å²) in [5.41, 5.74) is 0. The fourth-order valence-electron chi connectivity index (χ4n) is 2.87. The molecule has 2 saturated heterocycles. The van der Waals surface area contributed by atoms with Crippen LogP contribution in [0, 0.1) is 11.8 Å². The Balaban J connectivity index is 1.27. The quantitative estimate of drug-likeness (QED) is 0.769. The second kappa shape index (κ2) is 5.55. The normalized spacial score (nSPS) is 35.2. The van der Waals surface area contributed by atoms with Crippen molar-refractivity contribution in [3.63, 3.8) is 0 Å². The fourth-order valence-corrected chi connectivity index (χ4v) is 2.87. The summed E-state index contributed by atoms with van der Waals surface area (Å²) in [6.07, 6.45) is 2.64. The SMILES string of the molecule is O=C(CCOC1CCOCC1)NC1[C@H]2COC[C@@H]12. The van der Waals surface area contributed by atoms with Crippen LogP contribution in [0.25, 0.3) is 0 Å². The number of hydrogen-bond donors (Lipinski definition) is 1. The Morgan fingerprint density at radius 3 is 2.61 bits per heavy atom. The Bertz CT molecular complexity index is 293. The van der Waals surface area contributed by atoms with E-state index in [1.165, 1.54) is 0 Å². The molecule has 3 atom stereocenters. The Kier molecular flexibility index (Phi) is 3.82. The van der Waals surface area contributed by atoms with Crippen LogP contribution in [0.5, 0.6) is 0 Å². The van der Waals surface area contributed by atoms with Crippen molar-refractivity contribution in [1.29, 1.82) is 0 Å². The molecular formula is C13H21NO4. The van der Waals surface area contributed by atoms with E-state index >= 15 is 0 Å². The van der Waals surface area contributed by atoms with Gasteiger partial charge in [-0.3, -0.25) is 4.79 Å². The first kappa shape index (κ1) is 12.4. The molecule has 1 saturated carbocycles. The van der Waals surface area contributed by atoms with Crippen LogP contribution in [-0.4, -0.2) is 51.1 Å². The molecular weight excluding hydrogens is 234 g/mol. The van der Waals surface area contributed by atoms with Gasteiger partial charge in [0.25, 0.3) is 0 Å². The number of carbonyl (C=O) groups excluding carboxylic acids is 1. The molecule has 5 heteroatoms. The Hall–Kier alpha value is -0.650. The van der Waals surface area contributed by atoms with Gasteiger partial charge in [0.05, 0.1) is 25.9 Å². The molecule has 1 unspecified atom stereocenters. The average molecular weight is 255 g/mol. The van der Waals surface area contributed by atoms with Crippen LogP contribution in [0.4, 0.5) is 0 Å². The van der Waals surface area contributed by atoms with Gasteiger partial charge in [-0.05, 0) is 12.8 Å². The lowest BCUT2D eigenvalue weighted by Gasteiger charge is -2.22. The maximum Gasteiger partial charge on any atom is 0.222 e. The minimum Gasteiger partial charge on any atom is -0.381 e. The molecule has 0 bridgehead atoms. The van der Waals surface area contributed by atoms with E-state index in [0.717, 1.165) is 39.3 Å². The lowest BCUT2D eigenvalue weighted by atomic mass is 10.1. The predicted octanol–water partition coefficient (Wildman–Crippen LogP) is 0.333. The summed E-state index contributed by atoms with van der Waals surface area (Å²) in [7, 11) is 0. The number of rotatable bonds is 5. The average Bonchev–Trinajstić information content (AvgIpc) is 2.84. The maximum atomic E-state index is 11.7. The highest BCUT2D eigenvalue weighted by atomic mass is 16.5. The lowest BCUT2D eigenvalue weighted by molar-refractivity contribution is -0.123. The lowest BCUT2D eigenvalue weighted by Crippen LogP contribution is -2.31. The van der Waals surface area contributed by atoms with E-state index in [2.05, 4.69) is 5.32 Å². The van der Waals surface area contributed by atoms with E-state index in [1.54, 1.807) is 0 Å². The molecule has 0 spiro atoms. The zero-order chi connectivity index (χ0) is 12.4. The second-order valence-electron chi connectivity index (χ2n) is 5.39. The van der Waals surface area contributed by atoms with E-state index in [0.29, 0.717) is 30.9 Å². The zero-order valence-electron chi connectivity index (χ0n) is 10.6. The molecule has 2 aliphatic heterocycles. The van der Waals surface area contributed by atoms with Crippen LogP contribution in [-0.2, 0) is 19.0 Å². The summed E-state index contributed by atoms with van der Waals surface area (Å²) < 4.78 is 16.2. The van der Waals surface area contributed by atoms with E-state index in [-0.39, 0.29) is 12.0 Å². The van der Waals surface area contributed by atoms with Gasteiger partial charge in [-0.25, -0.2) is 0 Å². The number of ether oxygens (including phenoxy) is 3. The van der Waals surface area contributed by atoms with Gasteiger partial charge in [-0.2, -0.15) is 0 Å². The summed E-state index contributed by atoms with van der Waals surface area (Å²) >= 11 is 0. The van der Waals surface area contributed by atoms with Crippen LogP contribution >= 0.6 is 0 Å². The van der Waals surface area contributed by atoms with Gasteiger partial charge in [0.2, 0.25) is 5.91 Å². The van der Waals surface area contributed by atoms with Crippen LogP contribution in [0.3, 0.4) is 0 Å². The van der Waals surface area contributed by atoms with Crippen molar-refractivity contribution in [2.75, 3.05) is 33.0 Å². The van der Waals surface area contributed by atoms with Crippen molar-refractivity contribution in [1.82, 2.24) is 5.32 Å². The first-order chi connectivity index (χ1) is 8.84. The Morgan fingerprint density at radius 2 is 1.89 bits per heavy atom. The molecule has 2 heterocycles.